The molecule has 1 aliphatic carbocycles. The Balaban J connectivity index is 1.76. The molecule has 0 bridgehead atoms. The minimum Gasteiger partial charge on any atom is -0.465 e. The number of hydrogen-bond donors (Lipinski definition) is 2. The van der Waals surface area contributed by atoms with E-state index in [-0.39, 0.29) is 11.8 Å². The van der Waals surface area contributed by atoms with E-state index in [1.54, 1.807) is 24.3 Å². The van der Waals surface area contributed by atoms with Gasteiger partial charge in [-0.3, -0.25) is 9.69 Å². The van der Waals surface area contributed by atoms with Gasteiger partial charge in [0, 0.05) is 12.2 Å². The van der Waals surface area contributed by atoms with Gasteiger partial charge in [0.05, 0.1) is 11.6 Å². The summed E-state index contributed by atoms with van der Waals surface area (Å²) in [5.41, 5.74) is 1.11. The second kappa shape index (κ2) is 7.56. The number of nitrogens with zero attached hydrogens (tertiary/aromatic N) is 2. The number of carbonyl (C=O) groups is 2. The van der Waals surface area contributed by atoms with E-state index < -0.39 is 12.1 Å². The van der Waals surface area contributed by atoms with E-state index in [2.05, 4.69) is 5.32 Å². The number of carbonyl (C=O) groups excluding carboxylic acids is 1. The van der Waals surface area contributed by atoms with Gasteiger partial charge in [-0.15, -0.1) is 0 Å². The molecule has 1 aliphatic heterocycles. The van der Waals surface area contributed by atoms with Gasteiger partial charge in [0.2, 0.25) is 5.91 Å². The molecule has 1 aromatic rings. The van der Waals surface area contributed by atoms with Gasteiger partial charge in [0.1, 0.15) is 6.04 Å². The van der Waals surface area contributed by atoms with Crippen molar-refractivity contribution in [1.29, 1.82) is 5.26 Å². The SMILES string of the molecule is N#Cc1ccc(NC(=O)[C@@H]2[C@H](C3CCCCC3)CCN2C(=O)O)cc1. The number of amides is 2. The summed E-state index contributed by atoms with van der Waals surface area (Å²) in [7, 11) is 0. The van der Waals surface area contributed by atoms with Crippen LogP contribution in [0.2, 0.25) is 0 Å². The fourth-order valence-corrected chi connectivity index (χ4v) is 4.27. The van der Waals surface area contributed by atoms with Crippen molar-refractivity contribution in [3.63, 3.8) is 0 Å². The minimum atomic E-state index is -1.03. The molecule has 2 amide bonds. The molecule has 1 saturated carbocycles. The van der Waals surface area contributed by atoms with Gasteiger partial charge in [-0.05, 0) is 42.5 Å². The maximum Gasteiger partial charge on any atom is 0.407 e. The third kappa shape index (κ3) is 3.76. The number of carboxylic acid groups (broad SMARTS) is 1. The number of benzene rings is 1. The molecule has 6 nitrogen and oxygen atoms in total. The van der Waals surface area contributed by atoms with Gasteiger partial charge >= 0.3 is 6.09 Å². The number of anilines is 1. The zero-order chi connectivity index (χ0) is 17.8. The maximum absolute atomic E-state index is 12.9. The van der Waals surface area contributed by atoms with Crippen molar-refractivity contribution >= 4 is 17.7 Å². The van der Waals surface area contributed by atoms with Crippen molar-refractivity contribution in [3.05, 3.63) is 29.8 Å². The Morgan fingerprint density at radius 2 is 1.80 bits per heavy atom. The first-order valence-corrected chi connectivity index (χ1v) is 8.90. The van der Waals surface area contributed by atoms with E-state index in [1.807, 2.05) is 6.07 Å². The molecule has 1 aromatic carbocycles. The molecule has 3 rings (SSSR count). The molecular weight excluding hydrogens is 318 g/mol. The quantitative estimate of drug-likeness (QED) is 0.880. The van der Waals surface area contributed by atoms with Crippen LogP contribution < -0.4 is 5.32 Å². The molecule has 6 heteroatoms. The zero-order valence-corrected chi connectivity index (χ0v) is 14.1. The van der Waals surface area contributed by atoms with Crippen LogP contribution in [0.3, 0.4) is 0 Å². The normalized spacial score (nSPS) is 23.9. The largest absolute Gasteiger partial charge is 0.465 e. The van der Waals surface area contributed by atoms with Crippen LogP contribution in [0.5, 0.6) is 0 Å². The van der Waals surface area contributed by atoms with Gasteiger partial charge in [-0.2, -0.15) is 5.26 Å². The molecule has 2 atom stereocenters. The topological polar surface area (TPSA) is 93.4 Å². The lowest BCUT2D eigenvalue weighted by Crippen LogP contribution is -2.47. The molecule has 0 aromatic heterocycles. The lowest BCUT2D eigenvalue weighted by molar-refractivity contribution is -0.121. The fourth-order valence-electron chi connectivity index (χ4n) is 4.27. The van der Waals surface area contributed by atoms with Gasteiger partial charge in [-0.1, -0.05) is 32.1 Å². The smallest absolute Gasteiger partial charge is 0.407 e. The predicted octanol–water partition coefficient (Wildman–Crippen LogP) is 3.45. The first kappa shape index (κ1) is 17.3. The summed E-state index contributed by atoms with van der Waals surface area (Å²) in [6, 6.07) is 8.03. The molecule has 25 heavy (non-hydrogen) atoms. The van der Waals surface area contributed by atoms with Gasteiger partial charge in [-0.25, -0.2) is 4.79 Å². The summed E-state index contributed by atoms with van der Waals surface area (Å²) >= 11 is 0. The van der Waals surface area contributed by atoms with E-state index in [0.717, 1.165) is 32.1 Å². The van der Waals surface area contributed by atoms with Crippen molar-refractivity contribution < 1.29 is 14.7 Å². The van der Waals surface area contributed by atoms with Crippen LogP contribution in [0.25, 0.3) is 0 Å². The average Bonchev–Trinajstić information content (AvgIpc) is 3.08. The van der Waals surface area contributed by atoms with E-state index in [0.29, 0.717) is 23.7 Å². The van der Waals surface area contributed by atoms with E-state index >= 15 is 0 Å². The second-order valence-corrected chi connectivity index (χ2v) is 6.95. The molecule has 0 unspecified atom stereocenters. The lowest BCUT2D eigenvalue weighted by Gasteiger charge is -2.32. The monoisotopic (exact) mass is 341 g/mol. The summed E-state index contributed by atoms with van der Waals surface area (Å²) in [4.78, 5) is 25.7. The Hall–Kier alpha value is -2.55. The van der Waals surface area contributed by atoms with Crippen LogP contribution in [-0.4, -0.2) is 34.6 Å². The van der Waals surface area contributed by atoms with Crippen LogP contribution in [0.4, 0.5) is 10.5 Å². The molecule has 2 fully saturated rings. The highest BCUT2D eigenvalue weighted by Crippen LogP contribution is 2.39. The van der Waals surface area contributed by atoms with Crippen molar-refractivity contribution in [2.45, 2.75) is 44.6 Å². The van der Waals surface area contributed by atoms with E-state index in [9.17, 15) is 14.7 Å². The Morgan fingerprint density at radius 1 is 1.12 bits per heavy atom. The first-order chi connectivity index (χ1) is 12.1. The summed E-state index contributed by atoms with van der Waals surface area (Å²) in [6.45, 7) is 0.419. The van der Waals surface area contributed by atoms with E-state index in [4.69, 9.17) is 5.26 Å². The number of nitrogens with one attached hydrogen (secondary N) is 1. The highest BCUT2D eigenvalue weighted by atomic mass is 16.4. The van der Waals surface area contributed by atoms with Crippen LogP contribution in [0, 0.1) is 23.2 Å². The summed E-state index contributed by atoms with van der Waals surface area (Å²) in [5, 5.41) is 21.2. The molecule has 2 aliphatic rings. The van der Waals surface area contributed by atoms with Gasteiger partial charge < -0.3 is 10.4 Å². The lowest BCUT2D eigenvalue weighted by atomic mass is 9.76. The van der Waals surface area contributed by atoms with Gasteiger partial charge in [0.15, 0.2) is 0 Å². The van der Waals surface area contributed by atoms with Gasteiger partial charge in [0.25, 0.3) is 0 Å². The minimum absolute atomic E-state index is 0.0924. The molecule has 0 radical (unpaired) electrons. The third-order valence-corrected chi connectivity index (χ3v) is 5.50. The second-order valence-electron chi connectivity index (χ2n) is 6.95. The summed E-state index contributed by atoms with van der Waals surface area (Å²) in [5.74, 6) is 0.254. The Bertz CT molecular complexity index is 674. The first-order valence-electron chi connectivity index (χ1n) is 8.90. The van der Waals surface area contributed by atoms with Crippen LogP contribution >= 0.6 is 0 Å². The predicted molar refractivity (Wildman–Crippen MR) is 93.0 cm³/mol. The van der Waals surface area contributed by atoms with Crippen LogP contribution in [0.1, 0.15) is 44.1 Å². The molecule has 1 heterocycles. The average molecular weight is 341 g/mol. The number of nitriles is 1. The van der Waals surface area contributed by atoms with Crippen molar-refractivity contribution in [1.82, 2.24) is 4.90 Å². The highest BCUT2D eigenvalue weighted by Gasteiger charge is 2.45. The van der Waals surface area contributed by atoms with Crippen LogP contribution in [-0.2, 0) is 4.79 Å². The molecule has 2 N–H and O–H groups in total. The Kier molecular flexibility index (Phi) is 5.22. The number of rotatable bonds is 3. The summed E-state index contributed by atoms with van der Waals surface area (Å²) in [6.07, 6.45) is 5.45. The molecule has 1 saturated heterocycles. The number of likely N-dealkylation sites (tertiary alicyclic amines) is 1. The fraction of sp³-hybridized carbons (Fsp3) is 0.526. The summed E-state index contributed by atoms with van der Waals surface area (Å²) < 4.78 is 0. The van der Waals surface area contributed by atoms with Crippen molar-refractivity contribution in [3.8, 4) is 6.07 Å². The Labute approximate surface area is 147 Å². The third-order valence-electron chi connectivity index (χ3n) is 5.50. The van der Waals surface area contributed by atoms with Crippen molar-refractivity contribution in [2.75, 3.05) is 11.9 Å². The molecule has 0 spiro atoms. The standard InChI is InChI=1S/C19H23N3O3/c20-12-13-6-8-15(9-7-13)21-18(23)17-16(10-11-22(17)19(24)25)14-4-2-1-3-5-14/h6-9,14,16-17H,1-5,10-11H2,(H,21,23)(H,24,25)/t16-,17-/m0/s1. The van der Waals surface area contributed by atoms with Crippen molar-refractivity contribution in [2.24, 2.45) is 11.8 Å². The molecule has 132 valence electrons. The Morgan fingerprint density at radius 3 is 2.40 bits per heavy atom. The highest BCUT2D eigenvalue weighted by molar-refractivity contribution is 5.97. The maximum atomic E-state index is 12.9. The van der Waals surface area contributed by atoms with Crippen LogP contribution in [0.15, 0.2) is 24.3 Å². The zero-order valence-electron chi connectivity index (χ0n) is 14.1. The number of hydrogen-bond acceptors (Lipinski definition) is 3. The van der Waals surface area contributed by atoms with E-state index in [1.165, 1.54) is 11.3 Å². The molecular formula is C19H23N3O3.